The van der Waals surface area contributed by atoms with E-state index in [4.69, 9.17) is 4.74 Å². The predicted octanol–water partition coefficient (Wildman–Crippen LogP) is 3.63. The lowest BCUT2D eigenvalue weighted by molar-refractivity contribution is 0.0210. The molecular formula is C13H19BrN2O2S. The van der Waals surface area contributed by atoms with Crippen molar-refractivity contribution in [1.82, 2.24) is 9.88 Å². The highest BCUT2D eigenvalue weighted by Crippen LogP contribution is 2.31. The zero-order chi connectivity index (χ0) is 14.2. The maximum Gasteiger partial charge on any atom is 0.410 e. The lowest BCUT2D eigenvalue weighted by Crippen LogP contribution is -2.43. The van der Waals surface area contributed by atoms with E-state index in [0.717, 1.165) is 23.2 Å². The molecule has 0 aromatic carbocycles. The third-order valence-electron chi connectivity index (χ3n) is 3.12. The van der Waals surface area contributed by atoms with E-state index in [2.05, 4.69) is 20.9 Å². The topological polar surface area (TPSA) is 42.4 Å². The first-order valence-corrected chi connectivity index (χ1v) is 7.97. The van der Waals surface area contributed by atoms with Crippen molar-refractivity contribution in [3.05, 3.63) is 14.5 Å². The summed E-state index contributed by atoms with van der Waals surface area (Å²) in [5.41, 5.74) is 0.726. The minimum Gasteiger partial charge on any atom is -0.444 e. The highest BCUT2D eigenvalue weighted by molar-refractivity contribution is 9.11. The Morgan fingerprint density at radius 1 is 1.53 bits per heavy atom. The van der Waals surface area contributed by atoms with Crippen molar-refractivity contribution in [2.75, 3.05) is 7.05 Å². The van der Waals surface area contributed by atoms with E-state index >= 15 is 0 Å². The van der Waals surface area contributed by atoms with Crippen molar-refractivity contribution < 1.29 is 9.53 Å². The average Bonchev–Trinajstić information content (AvgIpc) is 2.64. The summed E-state index contributed by atoms with van der Waals surface area (Å²) in [5, 5.41) is 0. The SMILES string of the molecule is CN(C(=O)OC(C)(C)C)C1CCc2nc(Br)sc2C1. The van der Waals surface area contributed by atoms with Crippen molar-refractivity contribution in [2.24, 2.45) is 0 Å². The van der Waals surface area contributed by atoms with Crippen LogP contribution in [0.3, 0.4) is 0 Å². The molecule has 106 valence electrons. The van der Waals surface area contributed by atoms with Crippen LogP contribution in [0.5, 0.6) is 0 Å². The molecule has 4 nitrogen and oxygen atoms in total. The number of carbonyl (C=O) groups excluding carboxylic acids is 1. The van der Waals surface area contributed by atoms with Crippen LogP contribution in [-0.4, -0.2) is 34.7 Å². The molecule has 1 unspecified atom stereocenters. The van der Waals surface area contributed by atoms with Crippen molar-refractivity contribution in [1.29, 1.82) is 0 Å². The minimum absolute atomic E-state index is 0.203. The summed E-state index contributed by atoms with van der Waals surface area (Å²) in [6.45, 7) is 5.66. The fraction of sp³-hybridized carbons (Fsp3) is 0.692. The second-order valence-corrected chi connectivity index (χ2v) is 8.18. The number of thiazole rings is 1. The van der Waals surface area contributed by atoms with Gasteiger partial charge in [-0.15, -0.1) is 11.3 Å². The Balaban J connectivity index is 2.02. The number of hydrogen-bond acceptors (Lipinski definition) is 4. The molecule has 1 amide bonds. The summed E-state index contributed by atoms with van der Waals surface area (Å²) < 4.78 is 6.34. The summed E-state index contributed by atoms with van der Waals surface area (Å²) in [7, 11) is 1.82. The van der Waals surface area contributed by atoms with Crippen LogP contribution in [0.25, 0.3) is 0 Å². The van der Waals surface area contributed by atoms with Gasteiger partial charge in [0.2, 0.25) is 0 Å². The molecule has 0 saturated heterocycles. The molecule has 0 spiro atoms. The Morgan fingerprint density at radius 3 is 2.84 bits per heavy atom. The number of rotatable bonds is 1. The van der Waals surface area contributed by atoms with Crippen LogP contribution in [0.15, 0.2) is 3.92 Å². The Kier molecular flexibility index (Phi) is 4.20. The molecule has 1 atom stereocenters. The van der Waals surface area contributed by atoms with Gasteiger partial charge in [-0.1, -0.05) is 0 Å². The maximum absolute atomic E-state index is 12.1. The molecule has 0 fully saturated rings. The Bertz CT molecular complexity index is 481. The van der Waals surface area contributed by atoms with E-state index in [0.29, 0.717) is 0 Å². The zero-order valence-electron chi connectivity index (χ0n) is 11.7. The van der Waals surface area contributed by atoms with Crippen molar-refractivity contribution in [3.63, 3.8) is 0 Å². The molecule has 2 rings (SSSR count). The molecule has 0 aliphatic heterocycles. The van der Waals surface area contributed by atoms with Crippen LogP contribution in [0.1, 0.15) is 37.8 Å². The first-order chi connectivity index (χ1) is 8.76. The molecular weight excluding hydrogens is 328 g/mol. The largest absolute Gasteiger partial charge is 0.444 e. The van der Waals surface area contributed by atoms with E-state index in [-0.39, 0.29) is 12.1 Å². The summed E-state index contributed by atoms with van der Waals surface area (Å²) in [6.07, 6.45) is 2.49. The number of aromatic nitrogens is 1. The number of nitrogens with zero attached hydrogens (tertiary/aromatic N) is 2. The van der Waals surface area contributed by atoms with Gasteiger partial charge in [0.1, 0.15) is 5.60 Å². The summed E-state index contributed by atoms with van der Waals surface area (Å²) in [4.78, 5) is 19.5. The van der Waals surface area contributed by atoms with Gasteiger partial charge in [-0.2, -0.15) is 0 Å². The molecule has 0 bridgehead atoms. The van der Waals surface area contributed by atoms with Gasteiger partial charge in [-0.05, 0) is 49.5 Å². The van der Waals surface area contributed by atoms with E-state index < -0.39 is 5.60 Å². The Morgan fingerprint density at radius 2 is 2.21 bits per heavy atom. The summed E-state index contributed by atoms with van der Waals surface area (Å²) in [6, 6.07) is 0.203. The number of aryl methyl sites for hydroxylation is 1. The number of fused-ring (bicyclic) bond motifs is 1. The number of amides is 1. The fourth-order valence-electron chi connectivity index (χ4n) is 2.14. The molecule has 6 heteroatoms. The van der Waals surface area contributed by atoms with Gasteiger partial charge in [0.25, 0.3) is 0 Å². The van der Waals surface area contributed by atoms with E-state index in [1.54, 1.807) is 16.2 Å². The molecule has 1 heterocycles. The smallest absolute Gasteiger partial charge is 0.410 e. The normalized spacial score (nSPS) is 18.9. The second-order valence-electron chi connectivity index (χ2n) is 5.82. The van der Waals surface area contributed by atoms with Crippen LogP contribution in [0.2, 0.25) is 0 Å². The number of hydrogen-bond donors (Lipinski definition) is 0. The van der Waals surface area contributed by atoms with Crippen LogP contribution in [0.4, 0.5) is 4.79 Å². The van der Waals surface area contributed by atoms with Gasteiger partial charge < -0.3 is 9.64 Å². The highest BCUT2D eigenvalue weighted by atomic mass is 79.9. The minimum atomic E-state index is -0.446. The molecule has 1 aromatic rings. The molecule has 1 aliphatic carbocycles. The van der Waals surface area contributed by atoms with E-state index in [9.17, 15) is 4.79 Å². The number of halogens is 1. The molecule has 1 aliphatic rings. The van der Waals surface area contributed by atoms with Gasteiger partial charge in [0, 0.05) is 24.4 Å². The Labute approximate surface area is 126 Å². The standard InChI is InChI=1S/C13H19BrN2O2S/c1-13(2,3)18-12(17)16(4)8-5-6-9-10(7-8)19-11(14)15-9/h8H,5-7H2,1-4H3. The number of ether oxygens (including phenoxy) is 1. The quantitative estimate of drug-likeness (QED) is 0.779. The average molecular weight is 347 g/mol. The number of likely N-dealkylation sites (N-methyl/N-ethyl adjacent to an activating group) is 1. The van der Waals surface area contributed by atoms with Crippen LogP contribution >= 0.6 is 27.3 Å². The first-order valence-electron chi connectivity index (χ1n) is 6.36. The highest BCUT2D eigenvalue weighted by Gasteiger charge is 2.29. The Hall–Kier alpha value is -0.620. The molecule has 0 saturated carbocycles. The van der Waals surface area contributed by atoms with Crippen molar-refractivity contribution >= 4 is 33.4 Å². The predicted molar refractivity (Wildman–Crippen MR) is 79.6 cm³/mol. The monoisotopic (exact) mass is 346 g/mol. The van der Waals surface area contributed by atoms with Gasteiger partial charge in [0.05, 0.1) is 5.69 Å². The van der Waals surface area contributed by atoms with Crippen LogP contribution in [0, 0.1) is 0 Å². The third-order valence-corrected chi connectivity index (χ3v) is 4.69. The van der Waals surface area contributed by atoms with Crippen molar-refractivity contribution in [3.8, 4) is 0 Å². The molecule has 0 radical (unpaired) electrons. The summed E-state index contributed by atoms with van der Waals surface area (Å²) >= 11 is 5.08. The van der Waals surface area contributed by atoms with Gasteiger partial charge in [0.15, 0.2) is 3.92 Å². The lowest BCUT2D eigenvalue weighted by atomic mass is 9.97. The molecule has 1 aromatic heterocycles. The fourth-order valence-corrected chi connectivity index (χ4v) is 3.84. The van der Waals surface area contributed by atoms with E-state index in [1.807, 2.05) is 27.8 Å². The van der Waals surface area contributed by atoms with Gasteiger partial charge in [-0.25, -0.2) is 9.78 Å². The zero-order valence-corrected chi connectivity index (χ0v) is 14.1. The summed E-state index contributed by atoms with van der Waals surface area (Å²) in [5.74, 6) is 0. The van der Waals surface area contributed by atoms with Crippen LogP contribution < -0.4 is 0 Å². The van der Waals surface area contributed by atoms with Crippen molar-refractivity contribution in [2.45, 2.75) is 51.7 Å². The lowest BCUT2D eigenvalue weighted by Gasteiger charge is -2.32. The number of carbonyl (C=O) groups is 1. The van der Waals surface area contributed by atoms with Gasteiger partial charge >= 0.3 is 6.09 Å². The molecule has 19 heavy (non-hydrogen) atoms. The molecule has 0 N–H and O–H groups in total. The first kappa shape index (κ1) is 14.8. The van der Waals surface area contributed by atoms with Crippen LogP contribution in [-0.2, 0) is 17.6 Å². The second kappa shape index (κ2) is 5.40. The van der Waals surface area contributed by atoms with Gasteiger partial charge in [-0.3, -0.25) is 0 Å². The third kappa shape index (κ3) is 3.69. The maximum atomic E-state index is 12.1. The van der Waals surface area contributed by atoms with E-state index in [1.165, 1.54) is 10.6 Å².